The van der Waals surface area contributed by atoms with Crippen LogP contribution in [-0.4, -0.2) is 30.6 Å². The van der Waals surface area contributed by atoms with Gasteiger partial charge in [0.05, 0.1) is 12.4 Å². The second kappa shape index (κ2) is 3.90. The Balaban J connectivity index is 2.81. The van der Waals surface area contributed by atoms with Crippen LogP contribution in [0.4, 0.5) is 11.6 Å². The van der Waals surface area contributed by atoms with E-state index in [0.29, 0.717) is 0 Å². The van der Waals surface area contributed by atoms with Crippen molar-refractivity contribution in [1.29, 1.82) is 0 Å². The SMILES string of the molecule is CCNc1cncc(N(C)C)n1. The number of anilines is 2. The summed E-state index contributed by atoms with van der Waals surface area (Å²) in [6, 6.07) is 0. The van der Waals surface area contributed by atoms with Crippen molar-refractivity contribution in [3.05, 3.63) is 12.4 Å². The molecule has 0 unspecified atom stereocenters. The molecule has 0 fully saturated rings. The van der Waals surface area contributed by atoms with Crippen molar-refractivity contribution in [3.8, 4) is 0 Å². The van der Waals surface area contributed by atoms with Gasteiger partial charge in [0.25, 0.3) is 0 Å². The van der Waals surface area contributed by atoms with Crippen molar-refractivity contribution in [2.75, 3.05) is 30.9 Å². The molecule has 12 heavy (non-hydrogen) atoms. The van der Waals surface area contributed by atoms with Crippen molar-refractivity contribution < 1.29 is 0 Å². The molecule has 66 valence electrons. The third kappa shape index (κ3) is 2.08. The molecule has 0 bridgehead atoms. The Hall–Kier alpha value is -1.32. The zero-order chi connectivity index (χ0) is 8.97. The molecule has 0 aromatic carbocycles. The zero-order valence-corrected chi connectivity index (χ0v) is 7.70. The minimum Gasteiger partial charge on any atom is -0.369 e. The Labute approximate surface area is 72.6 Å². The lowest BCUT2D eigenvalue weighted by Crippen LogP contribution is -2.12. The van der Waals surface area contributed by atoms with E-state index in [-0.39, 0.29) is 0 Å². The molecule has 0 saturated heterocycles. The fraction of sp³-hybridized carbons (Fsp3) is 0.500. The van der Waals surface area contributed by atoms with Crippen LogP contribution in [0.25, 0.3) is 0 Å². The fourth-order valence-corrected chi connectivity index (χ4v) is 0.837. The average Bonchev–Trinajstić information content (AvgIpc) is 2.05. The van der Waals surface area contributed by atoms with Gasteiger partial charge < -0.3 is 10.2 Å². The first kappa shape index (κ1) is 8.77. The summed E-state index contributed by atoms with van der Waals surface area (Å²) in [6.45, 7) is 2.90. The van der Waals surface area contributed by atoms with E-state index in [2.05, 4.69) is 15.3 Å². The van der Waals surface area contributed by atoms with E-state index in [1.165, 1.54) is 0 Å². The summed E-state index contributed by atoms with van der Waals surface area (Å²) in [7, 11) is 3.89. The molecule has 1 heterocycles. The summed E-state index contributed by atoms with van der Waals surface area (Å²) < 4.78 is 0. The maximum absolute atomic E-state index is 4.31. The van der Waals surface area contributed by atoms with Crippen LogP contribution < -0.4 is 10.2 Å². The van der Waals surface area contributed by atoms with E-state index in [4.69, 9.17) is 0 Å². The number of nitrogens with zero attached hydrogens (tertiary/aromatic N) is 3. The Kier molecular flexibility index (Phi) is 2.85. The van der Waals surface area contributed by atoms with Crippen LogP contribution in [0.3, 0.4) is 0 Å². The summed E-state index contributed by atoms with van der Waals surface area (Å²) in [4.78, 5) is 10.3. The molecule has 4 nitrogen and oxygen atoms in total. The molecule has 0 saturated carbocycles. The fourth-order valence-electron chi connectivity index (χ4n) is 0.837. The lowest BCUT2D eigenvalue weighted by atomic mass is 10.5. The third-order valence-electron chi connectivity index (χ3n) is 1.44. The maximum atomic E-state index is 4.31. The molecule has 4 heteroatoms. The Morgan fingerprint density at radius 1 is 1.42 bits per heavy atom. The number of nitrogens with one attached hydrogen (secondary N) is 1. The van der Waals surface area contributed by atoms with Gasteiger partial charge in [0.1, 0.15) is 11.6 Å². The average molecular weight is 166 g/mol. The summed E-state index contributed by atoms with van der Waals surface area (Å²) >= 11 is 0. The highest BCUT2D eigenvalue weighted by Gasteiger charge is 1.97. The van der Waals surface area contributed by atoms with Gasteiger partial charge in [0.15, 0.2) is 0 Å². The molecule has 0 aliphatic carbocycles. The number of aromatic nitrogens is 2. The van der Waals surface area contributed by atoms with Crippen LogP contribution in [-0.2, 0) is 0 Å². The van der Waals surface area contributed by atoms with Crippen molar-refractivity contribution in [2.45, 2.75) is 6.92 Å². The molecular formula is C8H14N4. The zero-order valence-electron chi connectivity index (χ0n) is 7.70. The number of hydrogen-bond donors (Lipinski definition) is 1. The predicted molar refractivity (Wildman–Crippen MR) is 50.5 cm³/mol. The van der Waals surface area contributed by atoms with E-state index in [1.807, 2.05) is 25.9 Å². The van der Waals surface area contributed by atoms with Crippen LogP contribution in [0, 0.1) is 0 Å². The van der Waals surface area contributed by atoms with Gasteiger partial charge >= 0.3 is 0 Å². The van der Waals surface area contributed by atoms with Crippen LogP contribution in [0.5, 0.6) is 0 Å². The van der Waals surface area contributed by atoms with Gasteiger partial charge in [-0.1, -0.05) is 0 Å². The Morgan fingerprint density at radius 2 is 2.17 bits per heavy atom. The Morgan fingerprint density at radius 3 is 2.75 bits per heavy atom. The van der Waals surface area contributed by atoms with Crippen LogP contribution in [0.15, 0.2) is 12.4 Å². The first-order chi connectivity index (χ1) is 5.74. The monoisotopic (exact) mass is 166 g/mol. The second-order valence-electron chi connectivity index (χ2n) is 2.69. The number of rotatable bonds is 3. The minimum absolute atomic E-state index is 0.823. The molecule has 0 atom stereocenters. The molecule has 0 spiro atoms. The van der Waals surface area contributed by atoms with Crippen LogP contribution >= 0.6 is 0 Å². The smallest absolute Gasteiger partial charge is 0.149 e. The topological polar surface area (TPSA) is 41.1 Å². The lowest BCUT2D eigenvalue weighted by Gasteiger charge is -2.11. The lowest BCUT2D eigenvalue weighted by molar-refractivity contribution is 1.03. The molecule has 0 aliphatic heterocycles. The summed E-state index contributed by atoms with van der Waals surface area (Å²) in [5.41, 5.74) is 0. The first-order valence-electron chi connectivity index (χ1n) is 3.97. The van der Waals surface area contributed by atoms with Crippen molar-refractivity contribution in [2.24, 2.45) is 0 Å². The molecule has 1 aromatic heterocycles. The molecule has 0 radical (unpaired) electrons. The van der Waals surface area contributed by atoms with Crippen molar-refractivity contribution in [3.63, 3.8) is 0 Å². The molecule has 0 aliphatic rings. The quantitative estimate of drug-likeness (QED) is 0.726. The summed E-state index contributed by atoms with van der Waals surface area (Å²) in [6.07, 6.45) is 3.46. The van der Waals surface area contributed by atoms with Gasteiger partial charge in [-0.15, -0.1) is 0 Å². The first-order valence-corrected chi connectivity index (χ1v) is 3.97. The molecular weight excluding hydrogens is 152 g/mol. The van der Waals surface area contributed by atoms with Gasteiger partial charge in [-0.2, -0.15) is 0 Å². The molecule has 1 aromatic rings. The van der Waals surface area contributed by atoms with Gasteiger partial charge in [0.2, 0.25) is 0 Å². The number of hydrogen-bond acceptors (Lipinski definition) is 4. The molecule has 1 rings (SSSR count). The maximum Gasteiger partial charge on any atom is 0.149 e. The second-order valence-corrected chi connectivity index (χ2v) is 2.69. The van der Waals surface area contributed by atoms with Crippen LogP contribution in [0.2, 0.25) is 0 Å². The predicted octanol–water partition coefficient (Wildman–Crippen LogP) is 0.974. The van der Waals surface area contributed by atoms with Gasteiger partial charge in [-0.3, -0.25) is 4.98 Å². The van der Waals surface area contributed by atoms with Crippen molar-refractivity contribution >= 4 is 11.6 Å². The van der Waals surface area contributed by atoms with E-state index in [1.54, 1.807) is 12.4 Å². The van der Waals surface area contributed by atoms with Gasteiger partial charge in [-0.05, 0) is 6.92 Å². The summed E-state index contributed by atoms with van der Waals surface area (Å²) in [5.74, 6) is 1.69. The van der Waals surface area contributed by atoms with Crippen LogP contribution in [0.1, 0.15) is 6.92 Å². The van der Waals surface area contributed by atoms with Gasteiger partial charge in [0, 0.05) is 20.6 Å². The molecule has 1 N–H and O–H groups in total. The molecule has 0 amide bonds. The summed E-state index contributed by atoms with van der Waals surface area (Å²) in [5, 5.41) is 3.10. The normalized spacial score (nSPS) is 9.58. The third-order valence-corrected chi connectivity index (χ3v) is 1.44. The highest BCUT2D eigenvalue weighted by atomic mass is 15.2. The van der Waals surface area contributed by atoms with E-state index in [9.17, 15) is 0 Å². The van der Waals surface area contributed by atoms with E-state index < -0.39 is 0 Å². The van der Waals surface area contributed by atoms with E-state index in [0.717, 1.165) is 18.2 Å². The minimum atomic E-state index is 0.823. The van der Waals surface area contributed by atoms with E-state index >= 15 is 0 Å². The Bertz CT molecular complexity index is 247. The standard InChI is InChI=1S/C8H14N4/c1-4-10-7-5-9-6-8(11-7)12(2)3/h5-6H,4H2,1-3H3,(H,10,11). The van der Waals surface area contributed by atoms with Crippen molar-refractivity contribution in [1.82, 2.24) is 9.97 Å². The van der Waals surface area contributed by atoms with Gasteiger partial charge in [-0.25, -0.2) is 4.98 Å². The largest absolute Gasteiger partial charge is 0.369 e. The highest BCUT2D eigenvalue weighted by molar-refractivity contribution is 5.42. The highest BCUT2D eigenvalue weighted by Crippen LogP contribution is 2.08.